The maximum atomic E-state index is 12.8. The van der Waals surface area contributed by atoms with Gasteiger partial charge in [0, 0.05) is 26.2 Å². The number of rotatable bonds is 5. The topological polar surface area (TPSA) is 40.6 Å². The van der Waals surface area contributed by atoms with Crippen LogP contribution in [-0.4, -0.2) is 48.8 Å². The summed E-state index contributed by atoms with van der Waals surface area (Å²) < 4.78 is 12.8. The van der Waals surface area contributed by atoms with Gasteiger partial charge in [0.1, 0.15) is 12.4 Å². The lowest BCUT2D eigenvalue weighted by atomic mass is 10.2. The van der Waals surface area contributed by atoms with E-state index in [1.807, 2.05) is 6.92 Å². The third-order valence-corrected chi connectivity index (χ3v) is 2.70. The fourth-order valence-corrected chi connectivity index (χ4v) is 1.60. The average Bonchev–Trinajstić information content (AvgIpc) is 2.38. The molecule has 0 N–H and O–H groups in total. The first-order valence-electron chi connectivity index (χ1n) is 6.20. The molecular weight excluding hydrogens is 247 g/mol. The van der Waals surface area contributed by atoms with Crippen molar-refractivity contribution in [2.24, 2.45) is 0 Å². The highest BCUT2D eigenvalue weighted by molar-refractivity contribution is 5.96. The number of nitrogens with zero attached hydrogens (tertiary/aromatic N) is 2. The normalized spacial score (nSPS) is 10.1. The van der Waals surface area contributed by atoms with E-state index in [0.29, 0.717) is 12.1 Å². The zero-order chi connectivity index (χ0) is 14.4. The van der Waals surface area contributed by atoms with E-state index < -0.39 is 0 Å². The Bertz CT molecular complexity index is 443. The van der Waals surface area contributed by atoms with Gasteiger partial charge >= 0.3 is 0 Å². The van der Waals surface area contributed by atoms with Crippen LogP contribution in [-0.2, 0) is 4.79 Å². The van der Waals surface area contributed by atoms with Gasteiger partial charge < -0.3 is 9.80 Å². The van der Waals surface area contributed by atoms with Crippen molar-refractivity contribution < 1.29 is 14.0 Å². The maximum absolute atomic E-state index is 12.8. The molecule has 0 heterocycles. The summed E-state index contributed by atoms with van der Waals surface area (Å²) in [6.45, 7) is 2.47. The highest BCUT2D eigenvalue weighted by Gasteiger charge is 2.18. The number of halogens is 1. The molecule has 19 heavy (non-hydrogen) atoms. The van der Waals surface area contributed by atoms with Gasteiger partial charge in [0.05, 0.1) is 0 Å². The van der Waals surface area contributed by atoms with Crippen LogP contribution in [0.2, 0.25) is 0 Å². The number of hydrogen-bond donors (Lipinski definition) is 0. The Balaban J connectivity index is 2.83. The van der Waals surface area contributed by atoms with Gasteiger partial charge in [-0.25, -0.2) is 4.39 Å². The highest BCUT2D eigenvalue weighted by atomic mass is 19.1. The summed E-state index contributed by atoms with van der Waals surface area (Å²) in [6, 6.07) is 5.34. The Morgan fingerprint density at radius 3 is 2.21 bits per heavy atom. The molecule has 4 nitrogen and oxygen atoms in total. The van der Waals surface area contributed by atoms with Crippen molar-refractivity contribution in [3.05, 3.63) is 35.6 Å². The predicted octanol–water partition coefficient (Wildman–Crippen LogP) is 1.77. The van der Waals surface area contributed by atoms with Crippen LogP contribution >= 0.6 is 0 Å². The Kier molecular flexibility index (Phi) is 5.48. The summed E-state index contributed by atoms with van der Waals surface area (Å²) in [5.74, 6) is -0.774. The van der Waals surface area contributed by atoms with Gasteiger partial charge in [-0.1, -0.05) is 6.92 Å². The van der Waals surface area contributed by atoms with Crippen LogP contribution in [0.15, 0.2) is 24.3 Å². The molecule has 2 amide bonds. The summed E-state index contributed by atoms with van der Waals surface area (Å²) in [4.78, 5) is 26.9. The van der Waals surface area contributed by atoms with Crippen LogP contribution in [0.1, 0.15) is 23.7 Å². The minimum absolute atomic E-state index is 0.0387. The van der Waals surface area contributed by atoms with E-state index in [1.165, 1.54) is 34.1 Å². The minimum atomic E-state index is -0.386. The Morgan fingerprint density at radius 1 is 1.16 bits per heavy atom. The van der Waals surface area contributed by atoms with E-state index in [1.54, 1.807) is 14.1 Å². The standard InChI is InChI=1S/C14H19FN2O2/c1-4-9-17(10-13(18)16(2)3)14(19)11-5-7-12(15)8-6-11/h5-8H,4,9-10H2,1-3H3. The van der Waals surface area contributed by atoms with Gasteiger partial charge in [0.15, 0.2) is 0 Å². The van der Waals surface area contributed by atoms with E-state index in [2.05, 4.69) is 0 Å². The van der Waals surface area contributed by atoms with Gasteiger partial charge in [0.25, 0.3) is 5.91 Å². The molecule has 1 rings (SSSR count). The number of amides is 2. The molecule has 0 bridgehead atoms. The maximum Gasteiger partial charge on any atom is 0.254 e. The van der Waals surface area contributed by atoms with E-state index in [-0.39, 0.29) is 24.2 Å². The monoisotopic (exact) mass is 266 g/mol. The first-order chi connectivity index (χ1) is 8.95. The molecule has 0 radical (unpaired) electrons. The van der Waals surface area contributed by atoms with E-state index in [4.69, 9.17) is 0 Å². The van der Waals surface area contributed by atoms with Crippen molar-refractivity contribution in [2.45, 2.75) is 13.3 Å². The molecule has 0 saturated heterocycles. The fraction of sp³-hybridized carbons (Fsp3) is 0.429. The first kappa shape index (κ1) is 15.1. The van der Waals surface area contributed by atoms with Gasteiger partial charge in [-0.2, -0.15) is 0 Å². The molecule has 0 fully saturated rings. The Hall–Kier alpha value is -1.91. The quantitative estimate of drug-likeness (QED) is 0.815. The third kappa shape index (κ3) is 4.35. The molecule has 0 aliphatic rings. The summed E-state index contributed by atoms with van der Waals surface area (Å²) in [5, 5.41) is 0. The smallest absolute Gasteiger partial charge is 0.254 e. The Labute approximate surface area is 112 Å². The SMILES string of the molecule is CCCN(CC(=O)N(C)C)C(=O)c1ccc(F)cc1. The zero-order valence-electron chi connectivity index (χ0n) is 11.5. The summed E-state index contributed by atoms with van der Waals surface area (Å²) in [5.41, 5.74) is 0.390. The van der Waals surface area contributed by atoms with E-state index in [0.717, 1.165) is 6.42 Å². The second-order valence-corrected chi connectivity index (χ2v) is 4.52. The zero-order valence-corrected chi connectivity index (χ0v) is 11.5. The number of likely N-dealkylation sites (N-methyl/N-ethyl adjacent to an activating group) is 1. The molecular formula is C14H19FN2O2. The molecule has 0 aromatic heterocycles. The molecule has 0 aliphatic carbocycles. The average molecular weight is 266 g/mol. The van der Waals surface area contributed by atoms with Crippen molar-refractivity contribution in [2.75, 3.05) is 27.2 Å². The van der Waals surface area contributed by atoms with Gasteiger partial charge in [-0.15, -0.1) is 0 Å². The number of carbonyl (C=O) groups is 2. The fourth-order valence-electron chi connectivity index (χ4n) is 1.60. The predicted molar refractivity (Wildman–Crippen MR) is 71.3 cm³/mol. The first-order valence-corrected chi connectivity index (χ1v) is 6.20. The van der Waals surface area contributed by atoms with E-state index >= 15 is 0 Å². The van der Waals surface area contributed by atoms with E-state index in [9.17, 15) is 14.0 Å². The lowest BCUT2D eigenvalue weighted by molar-refractivity contribution is -0.129. The summed E-state index contributed by atoms with van der Waals surface area (Å²) in [7, 11) is 3.30. The van der Waals surface area contributed by atoms with Crippen molar-refractivity contribution in [1.82, 2.24) is 9.80 Å². The number of carbonyl (C=O) groups excluding carboxylic acids is 2. The lowest BCUT2D eigenvalue weighted by Gasteiger charge is -2.23. The van der Waals surface area contributed by atoms with Gasteiger partial charge in [-0.3, -0.25) is 9.59 Å². The second kappa shape index (κ2) is 6.87. The van der Waals surface area contributed by atoms with Crippen LogP contribution in [0, 0.1) is 5.82 Å². The van der Waals surface area contributed by atoms with Crippen LogP contribution in [0.4, 0.5) is 4.39 Å². The third-order valence-electron chi connectivity index (χ3n) is 2.70. The summed E-state index contributed by atoms with van der Waals surface area (Å²) in [6.07, 6.45) is 0.758. The second-order valence-electron chi connectivity index (χ2n) is 4.52. The molecule has 0 unspecified atom stereocenters. The molecule has 0 saturated carbocycles. The van der Waals surface area contributed by atoms with Crippen molar-refractivity contribution in [1.29, 1.82) is 0 Å². The number of hydrogen-bond acceptors (Lipinski definition) is 2. The number of benzene rings is 1. The van der Waals surface area contributed by atoms with Crippen LogP contribution in [0.3, 0.4) is 0 Å². The van der Waals surface area contributed by atoms with Crippen molar-refractivity contribution >= 4 is 11.8 Å². The molecule has 5 heteroatoms. The van der Waals surface area contributed by atoms with Crippen molar-refractivity contribution in [3.63, 3.8) is 0 Å². The molecule has 104 valence electrons. The van der Waals surface area contributed by atoms with Crippen LogP contribution in [0.25, 0.3) is 0 Å². The lowest BCUT2D eigenvalue weighted by Crippen LogP contribution is -2.40. The minimum Gasteiger partial charge on any atom is -0.347 e. The molecule has 0 spiro atoms. The van der Waals surface area contributed by atoms with Crippen LogP contribution < -0.4 is 0 Å². The highest BCUT2D eigenvalue weighted by Crippen LogP contribution is 2.08. The molecule has 0 aliphatic heterocycles. The Morgan fingerprint density at radius 2 is 1.74 bits per heavy atom. The molecule has 0 atom stereocenters. The van der Waals surface area contributed by atoms with Crippen LogP contribution in [0.5, 0.6) is 0 Å². The van der Waals surface area contributed by atoms with Gasteiger partial charge in [0.2, 0.25) is 5.91 Å². The molecule has 1 aromatic rings. The van der Waals surface area contributed by atoms with Crippen molar-refractivity contribution in [3.8, 4) is 0 Å². The molecule has 1 aromatic carbocycles. The largest absolute Gasteiger partial charge is 0.347 e. The summed E-state index contributed by atoms with van der Waals surface area (Å²) >= 11 is 0. The van der Waals surface area contributed by atoms with Gasteiger partial charge in [-0.05, 0) is 30.7 Å².